The van der Waals surface area contributed by atoms with Gasteiger partial charge in [0.2, 0.25) is 23.6 Å². The third-order valence-corrected chi connectivity index (χ3v) is 8.91. The first-order valence-corrected chi connectivity index (χ1v) is 16.8. The zero-order valence-corrected chi connectivity index (χ0v) is 31.7. The van der Waals surface area contributed by atoms with Crippen LogP contribution < -0.4 is 30.0 Å². The fraction of sp³-hybridized carbons (Fsp3) is 0.160. The molecule has 0 aliphatic heterocycles. The minimum Gasteiger partial charge on any atom is -0.481 e. The molecule has 2 amide bonds. The van der Waals surface area contributed by atoms with Crippen molar-refractivity contribution in [2.24, 2.45) is 7.05 Å². The smallest absolute Gasteiger partial charge is 0.356 e. The number of aromatic nitrogens is 6. The number of aryl methyl sites for hydroxylation is 1. The molecule has 0 aromatic carbocycles. The van der Waals surface area contributed by atoms with Crippen LogP contribution in [0.15, 0.2) is 23.4 Å². The number of nitrogens with two attached hydrogens (primary N) is 1. The van der Waals surface area contributed by atoms with E-state index in [4.69, 9.17) is 105 Å². The molecule has 0 saturated heterocycles. The average molecular weight is 884 g/mol. The molecule has 0 atom stereocenters. The summed E-state index contributed by atoms with van der Waals surface area (Å²) in [5.74, 6) is -4.17. The normalized spacial score (nSPS) is 10.4. The molecule has 21 nitrogen and oxygen atoms in total. The maximum atomic E-state index is 12.3. The van der Waals surface area contributed by atoms with Crippen molar-refractivity contribution in [2.45, 2.75) is 5.03 Å². The highest BCUT2D eigenvalue weighted by Gasteiger charge is 2.29. The molecule has 0 bridgehead atoms. The third kappa shape index (κ3) is 12.4. The van der Waals surface area contributed by atoms with Gasteiger partial charge in [0.1, 0.15) is 15.6 Å². The van der Waals surface area contributed by atoms with Crippen molar-refractivity contribution < 1.29 is 57.1 Å². The lowest BCUT2D eigenvalue weighted by atomic mass is 10.3. The Kier molecular flexibility index (Phi) is 16.1. The summed E-state index contributed by atoms with van der Waals surface area (Å²) in [6.07, 6.45) is 0.852. The van der Waals surface area contributed by atoms with Crippen LogP contribution in [0.1, 0.15) is 20.8 Å². The van der Waals surface area contributed by atoms with Gasteiger partial charge in [0.15, 0.2) is 27.6 Å². The fourth-order valence-electron chi connectivity index (χ4n) is 3.19. The van der Waals surface area contributed by atoms with Crippen molar-refractivity contribution in [3.8, 4) is 17.6 Å². The summed E-state index contributed by atoms with van der Waals surface area (Å²) in [6.45, 7) is -0.537. The molecule has 0 fully saturated rings. The van der Waals surface area contributed by atoms with Crippen molar-refractivity contribution in [1.82, 2.24) is 34.4 Å². The SMILES string of the molecule is COc1cc(OC)nc(NC(=O)NS(=O)(=O)c2c(C(=O)O)cnn2C)n1.Nc1c(Cl)c(Cl)nc(C(=O)O)c1Cl.O=C(O)COc1nc(Cl)c(Cl)cc1Cl. The van der Waals surface area contributed by atoms with Crippen LogP contribution in [0.3, 0.4) is 0 Å². The molecule has 0 spiro atoms. The first-order valence-electron chi connectivity index (χ1n) is 13.1. The predicted octanol–water partition coefficient (Wildman–Crippen LogP) is 4.26. The number of nitrogen functional groups attached to an aromatic ring is 1. The summed E-state index contributed by atoms with van der Waals surface area (Å²) in [7, 11) is -0.667. The van der Waals surface area contributed by atoms with Crippen LogP contribution in [-0.2, 0) is 21.9 Å². The van der Waals surface area contributed by atoms with Crippen molar-refractivity contribution in [3.63, 3.8) is 0 Å². The monoisotopic (exact) mass is 881 g/mol. The number of hydrogen-bond donors (Lipinski definition) is 6. The van der Waals surface area contributed by atoms with Gasteiger partial charge in [-0.05, 0) is 6.07 Å². The second-order valence-electron chi connectivity index (χ2n) is 8.96. The molecule has 4 aromatic heterocycles. The van der Waals surface area contributed by atoms with E-state index in [0.717, 1.165) is 10.9 Å². The third-order valence-electron chi connectivity index (χ3n) is 5.38. The fourth-order valence-corrected chi connectivity index (χ4v) is 5.54. The molecule has 4 heterocycles. The Labute approximate surface area is 326 Å². The van der Waals surface area contributed by atoms with Gasteiger partial charge in [0.05, 0.1) is 42.2 Å². The number of carbonyl (C=O) groups excluding carboxylic acids is 1. The number of anilines is 2. The lowest BCUT2D eigenvalue weighted by molar-refractivity contribution is -0.139. The number of hydrogen-bond acceptors (Lipinski definition) is 15. The number of ether oxygens (including phenoxy) is 3. The largest absolute Gasteiger partial charge is 0.481 e. The lowest BCUT2D eigenvalue weighted by Crippen LogP contribution is -2.36. The molecule has 286 valence electrons. The first kappa shape index (κ1) is 44.3. The van der Waals surface area contributed by atoms with Gasteiger partial charge >= 0.3 is 23.9 Å². The van der Waals surface area contributed by atoms with Crippen LogP contribution in [0.2, 0.25) is 30.4 Å². The maximum absolute atomic E-state index is 12.3. The van der Waals surface area contributed by atoms with E-state index in [1.165, 1.54) is 33.4 Å². The number of sulfonamides is 1. The Morgan fingerprint density at radius 2 is 1.43 bits per heavy atom. The number of methoxy groups -OCH3 is 2. The van der Waals surface area contributed by atoms with E-state index >= 15 is 0 Å². The van der Waals surface area contributed by atoms with E-state index in [-0.39, 0.29) is 59.7 Å². The quantitative estimate of drug-likeness (QED) is 0.121. The minimum atomic E-state index is -4.53. The van der Waals surface area contributed by atoms with E-state index in [2.05, 4.69) is 30.4 Å². The maximum Gasteiger partial charge on any atom is 0.356 e. The van der Waals surface area contributed by atoms with E-state index in [1.807, 2.05) is 0 Å². The number of pyridine rings is 2. The Balaban J connectivity index is 0.000000303. The molecule has 0 unspecified atom stereocenters. The summed E-state index contributed by atoms with van der Waals surface area (Å²) in [4.78, 5) is 58.5. The highest BCUT2D eigenvalue weighted by atomic mass is 35.5. The molecule has 28 heteroatoms. The average Bonchev–Trinajstić information content (AvgIpc) is 3.49. The number of aromatic carboxylic acids is 2. The van der Waals surface area contributed by atoms with Crippen LogP contribution in [0.5, 0.6) is 17.6 Å². The molecule has 4 rings (SSSR count). The van der Waals surface area contributed by atoms with Crippen molar-refractivity contribution in [3.05, 3.63) is 60.0 Å². The summed E-state index contributed by atoms with van der Waals surface area (Å²) in [5, 5.41) is 30.8. The van der Waals surface area contributed by atoms with Crippen LogP contribution in [0, 0.1) is 0 Å². The molecule has 7 N–H and O–H groups in total. The Morgan fingerprint density at radius 3 is 1.94 bits per heavy atom. The van der Waals surface area contributed by atoms with Gasteiger partial charge in [-0.25, -0.2) is 28.9 Å². The van der Waals surface area contributed by atoms with E-state index in [0.29, 0.717) is 0 Å². The van der Waals surface area contributed by atoms with E-state index < -0.39 is 56.9 Å². The van der Waals surface area contributed by atoms with Crippen molar-refractivity contribution in [2.75, 3.05) is 31.9 Å². The van der Waals surface area contributed by atoms with Gasteiger partial charge in [-0.2, -0.15) is 28.5 Å². The summed E-state index contributed by atoms with van der Waals surface area (Å²) in [6, 6.07) is 1.45. The summed E-state index contributed by atoms with van der Waals surface area (Å²) >= 11 is 33.4. The Bertz CT molecular complexity index is 2140. The second kappa shape index (κ2) is 19.3. The van der Waals surface area contributed by atoms with Crippen molar-refractivity contribution in [1.29, 1.82) is 0 Å². The van der Waals surface area contributed by atoms with Gasteiger partial charge in [-0.1, -0.05) is 69.6 Å². The first-order chi connectivity index (χ1) is 24.6. The summed E-state index contributed by atoms with van der Waals surface area (Å²) < 4.78 is 41.6. The number of urea groups is 1. The highest BCUT2D eigenvalue weighted by Crippen LogP contribution is 2.34. The van der Waals surface area contributed by atoms with E-state index in [9.17, 15) is 27.6 Å². The molecule has 4 aromatic rings. The number of amides is 2. The van der Waals surface area contributed by atoms with Gasteiger partial charge < -0.3 is 35.3 Å². The van der Waals surface area contributed by atoms with Gasteiger partial charge in [0.25, 0.3) is 10.0 Å². The lowest BCUT2D eigenvalue weighted by Gasteiger charge is -2.10. The van der Waals surface area contributed by atoms with Gasteiger partial charge in [-0.3, -0.25) is 10.00 Å². The molecular weight excluding hydrogens is 863 g/mol. The number of halogens is 6. The molecule has 0 aliphatic rings. The standard InChI is InChI=1S/C12H14N6O7S.C7H4Cl3NO3.C6H3Cl3N2O2/c1-18-9(6(5-13-18)10(19)20)26(22,23)17-12(21)16-11-14-7(24-2)4-8(15-11)25-3;8-3-1-4(9)7(11-6(3)10)14-2-5(12)13;7-1-3(10)2(8)5(9)11-4(1)6(12)13/h4-5H,1-3H3,(H,19,20)(H2,14,15,16,17,21);1H,2H2,(H,12,13);(H2,10,11)(H,12,13). The van der Waals surface area contributed by atoms with Crippen LogP contribution in [0.4, 0.5) is 16.4 Å². The number of nitrogens with one attached hydrogen (secondary N) is 2. The number of carboxylic acids is 3. The number of aliphatic carboxylic acids is 1. The summed E-state index contributed by atoms with van der Waals surface area (Å²) in [5.41, 5.74) is 4.29. The van der Waals surface area contributed by atoms with Crippen LogP contribution in [0.25, 0.3) is 0 Å². The van der Waals surface area contributed by atoms with Gasteiger partial charge in [-0.15, -0.1) is 0 Å². The topological polar surface area (TPSA) is 310 Å². The minimum absolute atomic E-state index is 0.0106. The molecule has 0 radical (unpaired) electrons. The molecular formula is C25H21Cl6N9O12S. The van der Waals surface area contributed by atoms with E-state index in [1.54, 1.807) is 4.72 Å². The van der Waals surface area contributed by atoms with Gasteiger partial charge in [0, 0.05) is 7.05 Å². The molecule has 53 heavy (non-hydrogen) atoms. The molecule has 0 saturated carbocycles. The highest BCUT2D eigenvalue weighted by molar-refractivity contribution is 7.90. The van der Waals surface area contributed by atoms with Crippen LogP contribution >= 0.6 is 69.6 Å². The van der Waals surface area contributed by atoms with Crippen LogP contribution in [-0.4, -0.2) is 98.2 Å². The Morgan fingerprint density at radius 1 is 0.849 bits per heavy atom. The zero-order chi connectivity index (χ0) is 40.4. The zero-order valence-electron chi connectivity index (χ0n) is 26.4. The number of nitrogens with zero attached hydrogens (tertiary/aromatic N) is 6. The second-order valence-corrected chi connectivity index (χ2v) is 12.8. The number of rotatable bonds is 10. The number of carbonyl (C=O) groups is 4. The molecule has 0 aliphatic carbocycles. The number of carboxylic acid groups (broad SMARTS) is 3. The predicted molar refractivity (Wildman–Crippen MR) is 188 cm³/mol. The Hall–Kier alpha value is -4.84. The van der Waals surface area contributed by atoms with Crippen molar-refractivity contribution >= 4 is 115 Å².